The van der Waals surface area contributed by atoms with Crippen molar-refractivity contribution in [3.63, 3.8) is 0 Å². The van der Waals surface area contributed by atoms with Crippen molar-refractivity contribution in [3.05, 3.63) is 12.2 Å². The zero-order chi connectivity index (χ0) is 9.84. The Hall–Kier alpha value is -0.870. The van der Waals surface area contributed by atoms with Crippen molar-refractivity contribution in [1.29, 1.82) is 0 Å². The molecule has 0 aromatic rings. The number of hydrogen-bond donors (Lipinski definition) is 0. The van der Waals surface area contributed by atoms with E-state index in [1.165, 1.54) is 0 Å². The molecule has 4 nitrogen and oxygen atoms in total. The fourth-order valence-electron chi connectivity index (χ4n) is 0.763. The Kier molecular flexibility index (Phi) is 3.45. The van der Waals surface area contributed by atoms with Gasteiger partial charge in [-0.25, -0.2) is 4.79 Å². The van der Waals surface area contributed by atoms with E-state index in [2.05, 4.69) is 6.58 Å². The number of rotatable bonds is 5. The standard InChI is InChI=1S/C9H14O4/c1-6(2)8(10)11-4-5-12-9-7(3)13-9/h7,9H,1,4-5H2,2-3H3. The van der Waals surface area contributed by atoms with Crippen LogP contribution in [0.5, 0.6) is 0 Å². The molecule has 1 aliphatic heterocycles. The summed E-state index contributed by atoms with van der Waals surface area (Å²) >= 11 is 0. The summed E-state index contributed by atoms with van der Waals surface area (Å²) in [6.07, 6.45) is 0.0698. The van der Waals surface area contributed by atoms with Gasteiger partial charge in [-0.2, -0.15) is 0 Å². The Balaban J connectivity index is 1.95. The molecule has 1 aliphatic rings. The SMILES string of the molecule is C=C(C)C(=O)OCCOC1OC1C. The minimum Gasteiger partial charge on any atom is -0.460 e. The van der Waals surface area contributed by atoms with Crippen molar-refractivity contribution in [3.8, 4) is 0 Å². The van der Waals surface area contributed by atoms with E-state index in [1.54, 1.807) is 6.92 Å². The molecular formula is C9H14O4. The maximum absolute atomic E-state index is 10.9. The second-order valence-electron chi connectivity index (χ2n) is 3.00. The van der Waals surface area contributed by atoms with E-state index in [0.29, 0.717) is 12.2 Å². The van der Waals surface area contributed by atoms with Gasteiger partial charge in [0, 0.05) is 5.57 Å². The molecule has 1 saturated heterocycles. The predicted molar refractivity (Wildman–Crippen MR) is 46.1 cm³/mol. The highest BCUT2D eigenvalue weighted by molar-refractivity contribution is 5.86. The van der Waals surface area contributed by atoms with Crippen molar-refractivity contribution in [2.45, 2.75) is 26.2 Å². The molecule has 1 heterocycles. The molecule has 2 atom stereocenters. The third kappa shape index (κ3) is 3.57. The average molecular weight is 186 g/mol. The lowest BCUT2D eigenvalue weighted by molar-refractivity contribution is -0.141. The maximum Gasteiger partial charge on any atom is 0.333 e. The predicted octanol–water partition coefficient (Wildman–Crippen LogP) is 0.867. The molecule has 0 radical (unpaired) electrons. The van der Waals surface area contributed by atoms with Crippen LogP contribution in [0.1, 0.15) is 13.8 Å². The second-order valence-corrected chi connectivity index (χ2v) is 3.00. The quantitative estimate of drug-likeness (QED) is 0.276. The van der Waals surface area contributed by atoms with E-state index < -0.39 is 0 Å². The fourth-order valence-corrected chi connectivity index (χ4v) is 0.763. The number of carbonyl (C=O) groups is 1. The summed E-state index contributed by atoms with van der Waals surface area (Å²) in [6, 6.07) is 0. The van der Waals surface area contributed by atoms with Gasteiger partial charge < -0.3 is 14.2 Å². The number of hydrogen-bond acceptors (Lipinski definition) is 4. The summed E-state index contributed by atoms with van der Waals surface area (Å²) in [7, 11) is 0. The van der Waals surface area contributed by atoms with E-state index in [0.717, 1.165) is 0 Å². The van der Waals surface area contributed by atoms with Crippen LogP contribution >= 0.6 is 0 Å². The number of epoxide rings is 1. The van der Waals surface area contributed by atoms with Gasteiger partial charge in [-0.1, -0.05) is 6.58 Å². The first kappa shape index (κ1) is 10.2. The van der Waals surface area contributed by atoms with Gasteiger partial charge in [0.05, 0.1) is 6.61 Å². The van der Waals surface area contributed by atoms with Gasteiger partial charge in [-0.15, -0.1) is 0 Å². The topological polar surface area (TPSA) is 48.1 Å². The molecule has 13 heavy (non-hydrogen) atoms. The van der Waals surface area contributed by atoms with Crippen LogP contribution in [0.3, 0.4) is 0 Å². The van der Waals surface area contributed by atoms with E-state index in [-0.39, 0.29) is 25.0 Å². The smallest absolute Gasteiger partial charge is 0.333 e. The first-order valence-electron chi connectivity index (χ1n) is 4.21. The lowest BCUT2D eigenvalue weighted by atomic mass is 10.4. The zero-order valence-electron chi connectivity index (χ0n) is 7.91. The monoisotopic (exact) mass is 186 g/mol. The number of ether oxygens (including phenoxy) is 3. The Morgan fingerprint density at radius 3 is 2.62 bits per heavy atom. The fraction of sp³-hybridized carbons (Fsp3) is 0.667. The molecule has 4 heteroatoms. The maximum atomic E-state index is 10.9. The molecule has 1 fully saturated rings. The lowest BCUT2D eigenvalue weighted by Crippen LogP contribution is -2.12. The van der Waals surface area contributed by atoms with Gasteiger partial charge in [-0.05, 0) is 13.8 Å². The largest absolute Gasteiger partial charge is 0.460 e. The van der Waals surface area contributed by atoms with Gasteiger partial charge in [-0.3, -0.25) is 0 Å². The molecule has 0 amide bonds. The molecule has 0 aromatic carbocycles. The van der Waals surface area contributed by atoms with E-state index in [4.69, 9.17) is 14.2 Å². The number of esters is 1. The Labute approximate surface area is 77.5 Å². The van der Waals surface area contributed by atoms with Gasteiger partial charge in [0.25, 0.3) is 0 Å². The van der Waals surface area contributed by atoms with Gasteiger partial charge in [0.1, 0.15) is 12.7 Å². The van der Waals surface area contributed by atoms with Crippen LogP contribution in [-0.4, -0.2) is 31.6 Å². The molecule has 0 aromatic heterocycles. The summed E-state index contributed by atoms with van der Waals surface area (Å²) in [5.41, 5.74) is 0.399. The molecule has 74 valence electrons. The molecule has 0 bridgehead atoms. The summed E-state index contributed by atoms with van der Waals surface area (Å²) in [5.74, 6) is -0.381. The third-order valence-electron chi connectivity index (χ3n) is 1.60. The van der Waals surface area contributed by atoms with Gasteiger partial charge in [0.2, 0.25) is 0 Å². The molecule has 2 unspecified atom stereocenters. The molecular weight excluding hydrogens is 172 g/mol. The summed E-state index contributed by atoms with van der Waals surface area (Å²) in [4.78, 5) is 10.9. The molecule has 1 rings (SSSR count). The van der Waals surface area contributed by atoms with Crippen molar-refractivity contribution in [1.82, 2.24) is 0 Å². The van der Waals surface area contributed by atoms with Crippen molar-refractivity contribution in [2.75, 3.05) is 13.2 Å². The van der Waals surface area contributed by atoms with Crippen molar-refractivity contribution >= 4 is 5.97 Å². The minimum absolute atomic E-state index is 0.108. The minimum atomic E-state index is -0.381. The van der Waals surface area contributed by atoms with Crippen LogP contribution < -0.4 is 0 Å². The molecule has 0 saturated carbocycles. The molecule has 0 spiro atoms. The van der Waals surface area contributed by atoms with Crippen LogP contribution in [0.2, 0.25) is 0 Å². The highest BCUT2D eigenvalue weighted by Gasteiger charge is 2.35. The Morgan fingerprint density at radius 2 is 2.15 bits per heavy atom. The normalized spacial score (nSPS) is 25.4. The van der Waals surface area contributed by atoms with Crippen LogP contribution in [0.4, 0.5) is 0 Å². The van der Waals surface area contributed by atoms with Crippen LogP contribution in [0.15, 0.2) is 12.2 Å². The van der Waals surface area contributed by atoms with Crippen LogP contribution in [0, 0.1) is 0 Å². The second kappa shape index (κ2) is 4.39. The van der Waals surface area contributed by atoms with Crippen LogP contribution in [-0.2, 0) is 19.0 Å². The van der Waals surface area contributed by atoms with Crippen molar-refractivity contribution < 1.29 is 19.0 Å². The Morgan fingerprint density at radius 1 is 1.54 bits per heavy atom. The average Bonchev–Trinajstić information content (AvgIpc) is 2.75. The van der Waals surface area contributed by atoms with E-state index >= 15 is 0 Å². The van der Waals surface area contributed by atoms with Crippen molar-refractivity contribution in [2.24, 2.45) is 0 Å². The highest BCUT2D eigenvalue weighted by Crippen LogP contribution is 2.21. The zero-order valence-corrected chi connectivity index (χ0v) is 7.91. The summed E-state index contributed by atoms with van der Waals surface area (Å²) in [6.45, 7) is 7.60. The lowest BCUT2D eigenvalue weighted by Gasteiger charge is -2.03. The number of carbonyl (C=O) groups excluding carboxylic acids is 1. The Bertz CT molecular complexity index is 212. The summed E-state index contributed by atoms with van der Waals surface area (Å²) < 4.78 is 15.0. The van der Waals surface area contributed by atoms with Gasteiger partial charge >= 0.3 is 5.97 Å². The first-order valence-corrected chi connectivity index (χ1v) is 4.21. The van der Waals surface area contributed by atoms with Gasteiger partial charge in [0.15, 0.2) is 6.29 Å². The third-order valence-corrected chi connectivity index (χ3v) is 1.60. The molecule has 0 aliphatic carbocycles. The summed E-state index contributed by atoms with van der Waals surface area (Å²) in [5, 5.41) is 0. The first-order chi connectivity index (χ1) is 6.11. The van der Waals surface area contributed by atoms with Crippen LogP contribution in [0.25, 0.3) is 0 Å². The highest BCUT2D eigenvalue weighted by atomic mass is 16.8. The molecule has 0 N–H and O–H groups in total. The van der Waals surface area contributed by atoms with E-state index in [9.17, 15) is 4.79 Å². The van der Waals surface area contributed by atoms with E-state index in [1.807, 2.05) is 6.92 Å².